The zero-order valence-electron chi connectivity index (χ0n) is 16.5. The fourth-order valence-electron chi connectivity index (χ4n) is 3.32. The second-order valence-corrected chi connectivity index (χ2v) is 8.77. The lowest BCUT2D eigenvalue weighted by atomic mass is 10.1. The molecule has 1 aliphatic heterocycles. The van der Waals surface area contributed by atoms with Crippen LogP contribution >= 0.6 is 23.4 Å². The van der Waals surface area contributed by atoms with Gasteiger partial charge in [-0.15, -0.1) is 11.8 Å². The van der Waals surface area contributed by atoms with E-state index in [1.165, 1.54) is 4.90 Å². The summed E-state index contributed by atoms with van der Waals surface area (Å²) in [6, 6.07) is 15.9. The number of benzene rings is 2. The quantitative estimate of drug-likeness (QED) is 0.678. The zero-order valence-corrected chi connectivity index (χ0v) is 18.1. The van der Waals surface area contributed by atoms with Crippen molar-refractivity contribution in [2.45, 2.75) is 24.8 Å². The molecule has 1 saturated heterocycles. The number of hydrogen-bond donors (Lipinski definition) is 1. The van der Waals surface area contributed by atoms with E-state index in [4.69, 9.17) is 11.6 Å². The first-order valence-electron chi connectivity index (χ1n) is 9.74. The van der Waals surface area contributed by atoms with Gasteiger partial charge in [0.25, 0.3) is 0 Å². The van der Waals surface area contributed by atoms with Crippen molar-refractivity contribution in [1.29, 1.82) is 0 Å². The fourth-order valence-corrected chi connectivity index (χ4v) is 4.42. The summed E-state index contributed by atoms with van der Waals surface area (Å²) in [6.07, 6.45) is 0. The van der Waals surface area contributed by atoms with Gasteiger partial charge in [-0.2, -0.15) is 0 Å². The monoisotopic (exact) mass is 417 g/mol. The minimum absolute atomic E-state index is 0.0263. The van der Waals surface area contributed by atoms with Crippen LogP contribution in [0.5, 0.6) is 0 Å². The molecule has 150 valence electrons. The van der Waals surface area contributed by atoms with Crippen molar-refractivity contribution in [2.75, 3.05) is 43.8 Å². The average Bonchev–Trinajstić information content (AvgIpc) is 2.71. The molecule has 0 bridgehead atoms. The molecule has 0 unspecified atom stereocenters. The first-order chi connectivity index (χ1) is 13.5. The highest BCUT2D eigenvalue weighted by molar-refractivity contribution is 7.99. The Morgan fingerprint density at radius 2 is 1.86 bits per heavy atom. The molecule has 28 heavy (non-hydrogen) atoms. The van der Waals surface area contributed by atoms with E-state index >= 15 is 0 Å². The first-order valence-corrected chi connectivity index (χ1v) is 11.1. The Hall–Kier alpha value is -1.53. The maximum absolute atomic E-state index is 12.7. The summed E-state index contributed by atoms with van der Waals surface area (Å²) in [7, 11) is 0. The van der Waals surface area contributed by atoms with Gasteiger partial charge in [0, 0.05) is 54.1 Å². The van der Waals surface area contributed by atoms with Gasteiger partial charge in [0.1, 0.15) is 0 Å². The number of thioether (sulfide) groups is 1. The molecule has 3 rings (SSSR count). The van der Waals surface area contributed by atoms with Crippen LogP contribution in [0.2, 0.25) is 5.02 Å². The van der Waals surface area contributed by atoms with Gasteiger partial charge in [-0.05, 0) is 43.7 Å². The van der Waals surface area contributed by atoms with Gasteiger partial charge >= 0.3 is 0 Å². The van der Waals surface area contributed by atoms with E-state index in [2.05, 4.69) is 39.4 Å². The maximum atomic E-state index is 12.7. The van der Waals surface area contributed by atoms with Crippen molar-refractivity contribution in [2.24, 2.45) is 0 Å². The number of amides is 1. The van der Waals surface area contributed by atoms with Crippen LogP contribution in [-0.2, 0) is 4.79 Å². The summed E-state index contributed by atoms with van der Waals surface area (Å²) < 4.78 is 0. The van der Waals surface area contributed by atoms with Crippen LogP contribution in [0.25, 0.3) is 0 Å². The summed E-state index contributed by atoms with van der Waals surface area (Å²) in [5.74, 6) is 1.12. The van der Waals surface area contributed by atoms with Gasteiger partial charge in [0.2, 0.25) is 5.91 Å². The number of nitrogens with one attached hydrogen (secondary N) is 1. The summed E-state index contributed by atoms with van der Waals surface area (Å²) in [6.45, 7) is 8.87. The second-order valence-electron chi connectivity index (χ2n) is 7.16. The number of aryl methyl sites for hydroxylation is 1. The minimum Gasteiger partial charge on any atom is -0.324 e. The van der Waals surface area contributed by atoms with Gasteiger partial charge in [-0.25, -0.2) is 0 Å². The molecule has 0 spiro atoms. The largest absolute Gasteiger partial charge is 0.324 e. The van der Waals surface area contributed by atoms with E-state index in [0.717, 1.165) is 49.7 Å². The highest BCUT2D eigenvalue weighted by Gasteiger charge is 2.25. The molecule has 6 heteroatoms. The first kappa shape index (κ1) is 21.2. The molecule has 0 aliphatic carbocycles. The molecular weight excluding hydrogens is 390 g/mol. The number of rotatable bonds is 7. The normalized spacial score (nSPS) is 16.7. The SMILES string of the molecule is Cc1ccc(Cl)cc1NC(=O)[C@H](C)N1CCN(CCSc2ccccc2)CC1. The van der Waals surface area contributed by atoms with Crippen molar-refractivity contribution in [3.63, 3.8) is 0 Å². The van der Waals surface area contributed by atoms with E-state index in [0.29, 0.717) is 5.02 Å². The lowest BCUT2D eigenvalue weighted by molar-refractivity contribution is -0.121. The van der Waals surface area contributed by atoms with Crippen molar-refractivity contribution < 1.29 is 4.79 Å². The molecule has 1 aliphatic rings. The minimum atomic E-state index is -0.153. The third-order valence-corrected chi connectivity index (χ3v) is 6.44. The van der Waals surface area contributed by atoms with Crippen molar-refractivity contribution in [3.8, 4) is 0 Å². The molecule has 4 nitrogen and oxygen atoms in total. The lowest BCUT2D eigenvalue weighted by Gasteiger charge is -2.37. The third kappa shape index (κ3) is 5.98. The van der Waals surface area contributed by atoms with Gasteiger partial charge in [0.15, 0.2) is 0 Å². The molecule has 1 amide bonds. The highest BCUT2D eigenvalue weighted by Crippen LogP contribution is 2.21. The summed E-state index contributed by atoms with van der Waals surface area (Å²) in [5, 5.41) is 3.66. The van der Waals surface area contributed by atoms with Crippen LogP contribution in [-0.4, -0.2) is 60.2 Å². The number of nitrogens with zero attached hydrogens (tertiary/aromatic N) is 2. The van der Waals surface area contributed by atoms with Gasteiger partial charge in [0.05, 0.1) is 6.04 Å². The van der Waals surface area contributed by atoms with Gasteiger partial charge < -0.3 is 5.32 Å². The van der Waals surface area contributed by atoms with Crippen LogP contribution in [0.15, 0.2) is 53.4 Å². The maximum Gasteiger partial charge on any atom is 0.241 e. The molecule has 1 N–H and O–H groups in total. The molecule has 0 aromatic heterocycles. The molecule has 2 aromatic rings. The third-order valence-electron chi connectivity index (χ3n) is 5.21. The number of piperazine rings is 1. The number of carbonyl (C=O) groups is 1. The Labute approximate surface area is 177 Å². The number of anilines is 1. The standard InChI is InChI=1S/C22H28ClN3OS/c1-17-8-9-19(23)16-21(17)24-22(27)18(2)26-12-10-25(11-13-26)14-15-28-20-6-4-3-5-7-20/h3-9,16,18H,10-15H2,1-2H3,(H,24,27)/t18-/m0/s1. The predicted molar refractivity (Wildman–Crippen MR) is 119 cm³/mol. The Morgan fingerprint density at radius 1 is 1.14 bits per heavy atom. The molecule has 1 atom stereocenters. The summed E-state index contributed by atoms with van der Waals surface area (Å²) in [5.41, 5.74) is 1.81. The topological polar surface area (TPSA) is 35.6 Å². The van der Waals surface area contributed by atoms with Crippen molar-refractivity contribution in [1.82, 2.24) is 9.80 Å². The Kier molecular flexibility index (Phi) is 7.80. The summed E-state index contributed by atoms with van der Waals surface area (Å²) >= 11 is 7.96. The van der Waals surface area contributed by atoms with E-state index in [9.17, 15) is 4.79 Å². The fraction of sp³-hybridized carbons (Fsp3) is 0.409. The van der Waals surface area contributed by atoms with E-state index in [-0.39, 0.29) is 11.9 Å². The highest BCUT2D eigenvalue weighted by atomic mass is 35.5. The Balaban J connectivity index is 1.42. The van der Waals surface area contributed by atoms with Gasteiger partial charge in [-0.3, -0.25) is 14.6 Å². The van der Waals surface area contributed by atoms with Crippen LogP contribution in [0.3, 0.4) is 0 Å². The van der Waals surface area contributed by atoms with Crippen LogP contribution < -0.4 is 5.32 Å². The number of halogens is 1. The molecule has 2 aromatic carbocycles. The molecule has 0 saturated carbocycles. The molecule has 0 radical (unpaired) electrons. The summed E-state index contributed by atoms with van der Waals surface area (Å²) in [4.78, 5) is 18.7. The van der Waals surface area contributed by atoms with E-state index in [1.807, 2.05) is 49.9 Å². The van der Waals surface area contributed by atoms with Crippen molar-refractivity contribution >= 4 is 35.0 Å². The zero-order chi connectivity index (χ0) is 19.9. The van der Waals surface area contributed by atoms with E-state index in [1.54, 1.807) is 0 Å². The molecular formula is C22H28ClN3OS. The number of hydrogen-bond acceptors (Lipinski definition) is 4. The van der Waals surface area contributed by atoms with Gasteiger partial charge in [-0.1, -0.05) is 35.9 Å². The molecule has 1 heterocycles. The van der Waals surface area contributed by atoms with Crippen LogP contribution in [0, 0.1) is 6.92 Å². The smallest absolute Gasteiger partial charge is 0.241 e. The van der Waals surface area contributed by atoms with Crippen LogP contribution in [0.1, 0.15) is 12.5 Å². The lowest BCUT2D eigenvalue weighted by Crippen LogP contribution is -2.53. The van der Waals surface area contributed by atoms with E-state index < -0.39 is 0 Å². The predicted octanol–water partition coefficient (Wildman–Crippen LogP) is 4.39. The Morgan fingerprint density at radius 3 is 2.57 bits per heavy atom. The van der Waals surface area contributed by atoms with Crippen molar-refractivity contribution in [3.05, 3.63) is 59.1 Å². The number of carbonyl (C=O) groups excluding carboxylic acids is 1. The molecule has 1 fully saturated rings. The average molecular weight is 418 g/mol. The van der Waals surface area contributed by atoms with Crippen LogP contribution in [0.4, 0.5) is 5.69 Å². The Bertz CT molecular complexity index is 779. The second kappa shape index (κ2) is 10.3.